The molecule has 2 unspecified atom stereocenters. The van der Waals surface area contributed by atoms with Crippen LogP contribution >= 0.6 is 0 Å². The molecule has 1 aliphatic carbocycles. The monoisotopic (exact) mass is 390 g/mol. The number of sulfonamides is 1. The highest BCUT2D eigenvalue weighted by Crippen LogP contribution is 2.38. The van der Waals surface area contributed by atoms with E-state index in [2.05, 4.69) is 0 Å². The zero-order valence-corrected chi connectivity index (χ0v) is 15.9. The number of fused-ring (bicyclic) bond motifs is 1. The molecule has 0 radical (unpaired) electrons. The van der Waals surface area contributed by atoms with E-state index < -0.39 is 10.0 Å². The normalized spacial score (nSPS) is 26.2. The third-order valence-corrected chi connectivity index (χ3v) is 7.37. The third kappa shape index (κ3) is 2.87. The summed E-state index contributed by atoms with van der Waals surface area (Å²) in [7, 11) is -3.73. The van der Waals surface area contributed by atoms with E-state index in [-0.39, 0.29) is 47.7 Å². The van der Waals surface area contributed by atoms with Gasteiger partial charge in [-0.1, -0.05) is 24.3 Å². The van der Waals surface area contributed by atoms with Crippen molar-refractivity contribution in [1.82, 2.24) is 9.21 Å². The van der Waals surface area contributed by atoms with Gasteiger partial charge >= 0.3 is 0 Å². The molecule has 7 nitrogen and oxygen atoms in total. The first-order valence-electron chi connectivity index (χ1n) is 9.19. The Bertz CT molecular complexity index is 878. The molecule has 2 aliphatic heterocycles. The van der Waals surface area contributed by atoms with Crippen molar-refractivity contribution >= 4 is 21.8 Å². The van der Waals surface area contributed by atoms with Crippen LogP contribution in [0.4, 0.5) is 0 Å². The van der Waals surface area contributed by atoms with Gasteiger partial charge in [0.15, 0.2) is 0 Å². The van der Waals surface area contributed by atoms with Gasteiger partial charge in [0, 0.05) is 13.1 Å². The summed E-state index contributed by atoms with van der Waals surface area (Å²) in [6, 6.07) is 6.13. The van der Waals surface area contributed by atoms with Crippen LogP contribution in [0.2, 0.25) is 0 Å². The molecule has 0 saturated carbocycles. The summed E-state index contributed by atoms with van der Waals surface area (Å²) in [4.78, 5) is 26.7. The number of amides is 2. The predicted molar refractivity (Wildman–Crippen MR) is 97.4 cm³/mol. The summed E-state index contributed by atoms with van der Waals surface area (Å²) in [5.74, 6) is -0.579. The Labute approximate surface area is 158 Å². The number of hydrogen-bond acceptors (Lipinski definition) is 5. The van der Waals surface area contributed by atoms with Gasteiger partial charge in [-0.3, -0.25) is 14.5 Å². The van der Waals surface area contributed by atoms with Gasteiger partial charge in [0.1, 0.15) is 10.6 Å². The summed E-state index contributed by atoms with van der Waals surface area (Å²) < 4.78 is 32.6. The number of hydrogen-bond donors (Lipinski definition) is 0. The van der Waals surface area contributed by atoms with E-state index in [4.69, 9.17) is 4.74 Å². The Morgan fingerprint density at radius 3 is 2.22 bits per heavy atom. The lowest BCUT2D eigenvalue weighted by Crippen LogP contribution is -2.62. The molecule has 0 spiro atoms. The SMILES string of the molecule is CCOc1ccccc1S(=O)(=O)N1CC(N2C(=O)C3CC=CCC3C2=O)C1. The maximum atomic E-state index is 12.9. The summed E-state index contributed by atoms with van der Waals surface area (Å²) in [6.45, 7) is 2.42. The molecule has 0 N–H and O–H groups in total. The Hall–Kier alpha value is -2.19. The first kappa shape index (κ1) is 18.2. The molecule has 2 fully saturated rings. The van der Waals surface area contributed by atoms with E-state index in [0.29, 0.717) is 25.2 Å². The van der Waals surface area contributed by atoms with E-state index in [1.807, 2.05) is 12.2 Å². The van der Waals surface area contributed by atoms with Gasteiger partial charge in [-0.05, 0) is 31.9 Å². The maximum absolute atomic E-state index is 12.9. The average molecular weight is 390 g/mol. The quantitative estimate of drug-likeness (QED) is 0.561. The van der Waals surface area contributed by atoms with Crippen LogP contribution in [-0.2, 0) is 19.6 Å². The third-order valence-electron chi connectivity index (χ3n) is 5.50. The molecule has 0 aromatic heterocycles. The molecule has 27 heavy (non-hydrogen) atoms. The smallest absolute Gasteiger partial charge is 0.246 e. The van der Waals surface area contributed by atoms with Crippen molar-refractivity contribution < 1.29 is 22.7 Å². The minimum atomic E-state index is -3.73. The maximum Gasteiger partial charge on any atom is 0.246 e. The number of carbonyl (C=O) groups is 2. The van der Waals surface area contributed by atoms with Crippen LogP contribution in [0.3, 0.4) is 0 Å². The van der Waals surface area contributed by atoms with Gasteiger partial charge in [-0.15, -0.1) is 0 Å². The number of rotatable bonds is 5. The molecule has 2 atom stereocenters. The van der Waals surface area contributed by atoms with E-state index in [1.54, 1.807) is 25.1 Å². The number of carbonyl (C=O) groups excluding carboxylic acids is 2. The first-order valence-corrected chi connectivity index (χ1v) is 10.6. The molecule has 1 aromatic rings. The van der Waals surface area contributed by atoms with Crippen molar-refractivity contribution in [2.24, 2.45) is 11.8 Å². The van der Waals surface area contributed by atoms with Crippen molar-refractivity contribution in [3.63, 3.8) is 0 Å². The second-order valence-electron chi connectivity index (χ2n) is 7.06. The first-order chi connectivity index (χ1) is 12.9. The van der Waals surface area contributed by atoms with Crippen molar-refractivity contribution in [3.8, 4) is 5.75 Å². The molecule has 144 valence electrons. The van der Waals surface area contributed by atoms with Crippen LogP contribution in [0.5, 0.6) is 5.75 Å². The second-order valence-corrected chi connectivity index (χ2v) is 8.96. The number of para-hydroxylation sites is 1. The fraction of sp³-hybridized carbons (Fsp3) is 0.474. The van der Waals surface area contributed by atoms with Gasteiger partial charge in [-0.2, -0.15) is 4.31 Å². The highest BCUT2D eigenvalue weighted by Gasteiger charge is 2.53. The van der Waals surface area contributed by atoms with Gasteiger partial charge in [-0.25, -0.2) is 8.42 Å². The molecular weight excluding hydrogens is 368 g/mol. The van der Waals surface area contributed by atoms with Crippen molar-refractivity contribution in [1.29, 1.82) is 0 Å². The van der Waals surface area contributed by atoms with Crippen molar-refractivity contribution in [3.05, 3.63) is 36.4 Å². The number of allylic oxidation sites excluding steroid dienone is 2. The molecule has 8 heteroatoms. The van der Waals surface area contributed by atoms with E-state index in [1.165, 1.54) is 15.3 Å². The standard InChI is InChI=1S/C19H22N2O5S/c1-2-26-16-9-5-6-10-17(16)27(24,25)20-11-13(12-20)21-18(22)14-7-3-4-8-15(14)19(21)23/h3-6,9-10,13-15H,2,7-8,11-12H2,1H3. The molecule has 2 saturated heterocycles. The fourth-order valence-corrected chi connectivity index (χ4v) is 5.69. The fourth-order valence-electron chi connectivity index (χ4n) is 4.04. The Kier molecular flexibility index (Phi) is 4.55. The van der Waals surface area contributed by atoms with Crippen LogP contribution in [-0.4, -0.2) is 55.2 Å². The van der Waals surface area contributed by atoms with Gasteiger partial charge in [0.25, 0.3) is 0 Å². The zero-order chi connectivity index (χ0) is 19.2. The largest absolute Gasteiger partial charge is 0.492 e. The van der Waals surface area contributed by atoms with Gasteiger partial charge in [0.2, 0.25) is 21.8 Å². The molecule has 1 aromatic carbocycles. The number of imide groups is 1. The highest BCUT2D eigenvalue weighted by molar-refractivity contribution is 7.89. The molecular formula is C19H22N2O5S. The van der Waals surface area contributed by atoms with Gasteiger partial charge in [0.05, 0.1) is 24.5 Å². The minimum absolute atomic E-state index is 0.113. The Morgan fingerprint density at radius 2 is 1.63 bits per heavy atom. The Balaban J connectivity index is 1.50. The highest BCUT2D eigenvalue weighted by atomic mass is 32.2. The minimum Gasteiger partial charge on any atom is -0.492 e. The molecule has 4 rings (SSSR count). The molecule has 0 bridgehead atoms. The van der Waals surface area contributed by atoms with Crippen molar-refractivity contribution in [2.75, 3.05) is 19.7 Å². The van der Waals surface area contributed by atoms with Crippen molar-refractivity contribution in [2.45, 2.75) is 30.7 Å². The second kappa shape index (κ2) is 6.76. The van der Waals surface area contributed by atoms with E-state index in [9.17, 15) is 18.0 Å². The Morgan fingerprint density at radius 1 is 1.04 bits per heavy atom. The van der Waals surface area contributed by atoms with Crippen LogP contribution in [0.1, 0.15) is 19.8 Å². The number of likely N-dealkylation sites (tertiary alicyclic amines) is 1. The molecule has 2 heterocycles. The van der Waals surface area contributed by atoms with E-state index in [0.717, 1.165) is 0 Å². The molecule has 3 aliphatic rings. The van der Waals surface area contributed by atoms with Crippen LogP contribution in [0.25, 0.3) is 0 Å². The van der Waals surface area contributed by atoms with Gasteiger partial charge < -0.3 is 4.74 Å². The average Bonchev–Trinajstić information content (AvgIpc) is 2.87. The van der Waals surface area contributed by atoms with Crippen LogP contribution < -0.4 is 4.74 Å². The van der Waals surface area contributed by atoms with Crippen LogP contribution in [0.15, 0.2) is 41.3 Å². The number of ether oxygens (including phenoxy) is 1. The summed E-state index contributed by atoms with van der Waals surface area (Å²) >= 11 is 0. The topological polar surface area (TPSA) is 84.0 Å². The van der Waals surface area contributed by atoms with Crippen LogP contribution in [0, 0.1) is 11.8 Å². The molecule has 2 amide bonds. The summed E-state index contributed by atoms with van der Waals surface area (Å²) in [5, 5.41) is 0. The summed E-state index contributed by atoms with van der Waals surface area (Å²) in [5.41, 5.74) is 0. The number of nitrogens with zero attached hydrogens (tertiary/aromatic N) is 2. The lowest BCUT2D eigenvalue weighted by Gasteiger charge is -2.42. The number of benzene rings is 1. The lowest BCUT2D eigenvalue weighted by molar-refractivity contribution is -0.145. The summed E-state index contributed by atoms with van der Waals surface area (Å²) in [6.07, 6.45) is 5.06. The zero-order valence-electron chi connectivity index (χ0n) is 15.1. The van der Waals surface area contributed by atoms with E-state index >= 15 is 0 Å². The lowest BCUT2D eigenvalue weighted by atomic mass is 9.85. The predicted octanol–water partition coefficient (Wildman–Crippen LogP) is 1.41.